The third-order valence-electron chi connectivity index (χ3n) is 2.46. The molecule has 1 aromatic rings. The number of rotatable bonds is 7. The van der Waals surface area contributed by atoms with E-state index in [1.165, 1.54) is 0 Å². The van der Waals surface area contributed by atoms with E-state index in [0.29, 0.717) is 13.1 Å². The normalized spacial score (nSPS) is 12.2. The number of ether oxygens (including phenoxy) is 2. The predicted molar refractivity (Wildman–Crippen MR) is 66.3 cm³/mol. The standard InChI is InChI=1S/C12H20N2O3/c1-16-11-4-3-9(12(5-11)17-2)7-14-8-10(15)6-13/h3-5,10,14-15H,6-8,13H2,1-2H3. The van der Waals surface area contributed by atoms with Crippen molar-refractivity contribution in [3.8, 4) is 11.5 Å². The molecule has 0 saturated heterocycles. The van der Waals surface area contributed by atoms with E-state index >= 15 is 0 Å². The summed E-state index contributed by atoms with van der Waals surface area (Å²) in [6.07, 6.45) is -0.515. The molecule has 0 aliphatic heterocycles. The number of hydrogen-bond donors (Lipinski definition) is 3. The highest BCUT2D eigenvalue weighted by Crippen LogP contribution is 2.24. The topological polar surface area (TPSA) is 76.7 Å². The second-order valence-electron chi connectivity index (χ2n) is 3.70. The molecule has 17 heavy (non-hydrogen) atoms. The molecule has 0 amide bonds. The van der Waals surface area contributed by atoms with E-state index in [1.807, 2.05) is 18.2 Å². The fraction of sp³-hybridized carbons (Fsp3) is 0.500. The largest absolute Gasteiger partial charge is 0.497 e. The SMILES string of the molecule is COc1ccc(CNCC(O)CN)c(OC)c1. The maximum Gasteiger partial charge on any atom is 0.127 e. The Labute approximate surface area is 102 Å². The number of aliphatic hydroxyl groups is 1. The Kier molecular flexibility index (Phi) is 5.76. The summed E-state index contributed by atoms with van der Waals surface area (Å²) in [6, 6.07) is 5.63. The van der Waals surface area contributed by atoms with Crippen LogP contribution in [0.25, 0.3) is 0 Å². The number of nitrogens with one attached hydrogen (secondary N) is 1. The van der Waals surface area contributed by atoms with Gasteiger partial charge in [0, 0.05) is 31.3 Å². The highest BCUT2D eigenvalue weighted by atomic mass is 16.5. The Morgan fingerprint density at radius 3 is 2.71 bits per heavy atom. The van der Waals surface area contributed by atoms with Crippen LogP contribution in [0.3, 0.4) is 0 Å². The van der Waals surface area contributed by atoms with Crippen LogP contribution in [0.4, 0.5) is 0 Å². The highest BCUT2D eigenvalue weighted by molar-refractivity contribution is 5.40. The van der Waals surface area contributed by atoms with Crippen LogP contribution < -0.4 is 20.5 Å². The van der Waals surface area contributed by atoms with Gasteiger partial charge in [-0.1, -0.05) is 6.07 Å². The van der Waals surface area contributed by atoms with Gasteiger partial charge in [-0.3, -0.25) is 0 Å². The molecule has 0 aliphatic carbocycles. The van der Waals surface area contributed by atoms with Gasteiger partial charge in [-0.05, 0) is 6.07 Å². The number of hydrogen-bond acceptors (Lipinski definition) is 5. The summed E-state index contributed by atoms with van der Waals surface area (Å²) in [4.78, 5) is 0. The molecule has 5 heteroatoms. The molecule has 96 valence electrons. The Hall–Kier alpha value is -1.30. The van der Waals surface area contributed by atoms with Gasteiger partial charge in [0.2, 0.25) is 0 Å². The monoisotopic (exact) mass is 240 g/mol. The first kappa shape index (κ1) is 13.8. The van der Waals surface area contributed by atoms with Crippen molar-refractivity contribution in [2.75, 3.05) is 27.3 Å². The average molecular weight is 240 g/mol. The molecule has 1 atom stereocenters. The van der Waals surface area contributed by atoms with Gasteiger partial charge in [0.15, 0.2) is 0 Å². The lowest BCUT2D eigenvalue weighted by Gasteiger charge is -2.12. The van der Waals surface area contributed by atoms with Gasteiger partial charge in [-0.2, -0.15) is 0 Å². The van der Waals surface area contributed by atoms with Crippen molar-refractivity contribution in [1.29, 1.82) is 0 Å². The average Bonchev–Trinajstić information content (AvgIpc) is 2.38. The van der Waals surface area contributed by atoms with Gasteiger partial charge < -0.3 is 25.6 Å². The number of nitrogens with two attached hydrogens (primary N) is 1. The van der Waals surface area contributed by atoms with Crippen molar-refractivity contribution in [2.45, 2.75) is 12.6 Å². The van der Waals surface area contributed by atoms with Gasteiger partial charge in [-0.15, -0.1) is 0 Å². The van der Waals surface area contributed by atoms with Gasteiger partial charge in [0.25, 0.3) is 0 Å². The van der Waals surface area contributed by atoms with Crippen LogP contribution in [-0.2, 0) is 6.54 Å². The molecule has 0 bridgehead atoms. The summed E-state index contributed by atoms with van der Waals surface area (Å²) in [6.45, 7) is 1.34. The minimum absolute atomic E-state index is 0.257. The summed E-state index contributed by atoms with van der Waals surface area (Å²) in [5, 5.41) is 12.4. The summed E-state index contributed by atoms with van der Waals surface area (Å²) >= 11 is 0. The zero-order valence-corrected chi connectivity index (χ0v) is 10.3. The molecular formula is C12H20N2O3. The Bertz CT molecular complexity index is 345. The van der Waals surface area contributed by atoms with E-state index in [-0.39, 0.29) is 6.54 Å². The first-order chi connectivity index (χ1) is 8.21. The molecule has 0 spiro atoms. The van der Waals surface area contributed by atoms with Crippen molar-refractivity contribution in [1.82, 2.24) is 5.32 Å². The van der Waals surface area contributed by atoms with E-state index in [0.717, 1.165) is 17.1 Å². The summed E-state index contributed by atoms with van der Waals surface area (Å²) in [5.74, 6) is 1.52. The second-order valence-corrected chi connectivity index (χ2v) is 3.70. The summed E-state index contributed by atoms with van der Waals surface area (Å²) < 4.78 is 10.4. The molecule has 0 aliphatic rings. The van der Waals surface area contributed by atoms with Crippen molar-refractivity contribution < 1.29 is 14.6 Å². The highest BCUT2D eigenvalue weighted by Gasteiger charge is 2.06. The second kappa shape index (κ2) is 7.11. The van der Waals surface area contributed by atoms with Crippen LogP contribution in [0.5, 0.6) is 11.5 Å². The number of benzene rings is 1. The third kappa shape index (κ3) is 4.22. The maximum absolute atomic E-state index is 9.31. The van der Waals surface area contributed by atoms with Gasteiger partial charge >= 0.3 is 0 Å². The minimum Gasteiger partial charge on any atom is -0.497 e. The van der Waals surface area contributed by atoms with E-state index in [4.69, 9.17) is 15.2 Å². The van der Waals surface area contributed by atoms with Crippen LogP contribution in [0, 0.1) is 0 Å². The van der Waals surface area contributed by atoms with Crippen molar-refractivity contribution in [2.24, 2.45) is 5.73 Å². The third-order valence-corrected chi connectivity index (χ3v) is 2.46. The lowest BCUT2D eigenvalue weighted by Crippen LogP contribution is -2.32. The van der Waals surface area contributed by atoms with Crippen molar-refractivity contribution >= 4 is 0 Å². The lowest BCUT2D eigenvalue weighted by molar-refractivity contribution is 0.179. The number of aliphatic hydroxyl groups excluding tert-OH is 1. The van der Waals surface area contributed by atoms with E-state index < -0.39 is 6.10 Å². The quantitative estimate of drug-likeness (QED) is 0.631. The molecule has 1 aromatic carbocycles. The molecule has 0 fully saturated rings. The van der Waals surface area contributed by atoms with Gasteiger partial charge in [0.1, 0.15) is 11.5 Å². The number of methoxy groups -OCH3 is 2. The fourth-order valence-corrected chi connectivity index (χ4v) is 1.45. The minimum atomic E-state index is -0.515. The molecule has 0 saturated carbocycles. The first-order valence-electron chi connectivity index (χ1n) is 5.51. The van der Waals surface area contributed by atoms with Crippen LogP contribution in [-0.4, -0.2) is 38.5 Å². The van der Waals surface area contributed by atoms with Crippen molar-refractivity contribution in [3.05, 3.63) is 23.8 Å². The van der Waals surface area contributed by atoms with Crippen LogP contribution in [0.15, 0.2) is 18.2 Å². The van der Waals surface area contributed by atoms with Gasteiger partial charge in [-0.25, -0.2) is 0 Å². The molecule has 5 nitrogen and oxygen atoms in total. The molecular weight excluding hydrogens is 220 g/mol. The molecule has 4 N–H and O–H groups in total. The first-order valence-corrected chi connectivity index (χ1v) is 5.51. The summed E-state index contributed by atoms with van der Waals surface area (Å²) in [5.41, 5.74) is 6.33. The van der Waals surface area contributed by atoms with Crippen LogP contribution >= 0.6 is 0 Å². The van der Waals surface area contributed by atoms with E-state index in [1.54, 1.807) is 14.2 Å². The summed E-state index contributed by atoms with van der Waals surface area (Å²) in [7, 11) is 3.23. The smallest absolute Gasteiger partial charge is 0.127 e. The zero-order valence-electron chi connectivity index (χ0n) is 10.3. The molecule has 1 rings (SSSR count). The maximum atomic E-state index is 9.31. The van der Waals surface area contributed by atoms with E-state index in [9.17, 15) is 5.11 Å². The Morgan fingerprint density at radius 1 is 1.35 bits per heavy atom. The fourth-order valence-electron chi connectivity index (χ4n) is 1.45. The molecule has 0 heterocycles. The zero-order chi connectivity index (χ0) is 12.7. The van der Waals surface area contributed by atoms with Crippen LogP contribution in [0.1, 0.15) is 5.56 Å². The van der Waals surface area contributed by atoms with Gasteiger partial charge in [0.05, 0.1) is 20.3 Å². The van der Waals surface area contributed by atoms with Crippen molar-refractivity contribution in [3.63, 3.8) is 0 Å². The molecule has 0 radical (unpaired) electrons. The predicted octanol–water partition coefficient (Wildman–Crippen LogP) is 0.113. The van der Waals surface area contributed by atoms with E-state index in [2.05, 4.69) is 5.32 Å². The van der Waals surface area contributed by atoms with Crippen LogP contribution in [0.2, 0.25) is 0 Å². The molecule has 1 unspecified atom stereocenters. The Morgan fingerprint density at radius 2 is 2.12 bits per heavy atom. The molecule has 0 aromatic heterocycles. The lowest BCUT2D eigenvalue weighted by atomic mass is 10.2. The Balaban J connectivity index is 2.58.